The monoisotopic (exact) mass is 258 g/mol. The highest BCUT2D eigenvalue weighted by molar-refractivity contribution is 7.99. The Morgan fingerprint density at radius 3 is 2.53 bits per heavy atom. The van der Waals surface area contributed by atoms with Crippen molar-refractivity contribution in [2.24, 2.45) is 5.41 Å². The van der Waals surface area contributed by atoms with Crippen LogP contribution in [0.5, 0.6) is 0 Å². The van der Waals surface area contributed by atoms with Crippen LogP contribution in [-0.4, -0.2) is 35.5 Å². The summed E-state index contributed by atoms with van der Waals surface area (Å²) in [6, 6.07) is 0.523. The van der Waals surface area contributed by atoms with Crippen molar-refractivity contribution in [3.8, 4) is 0 Å². The highest BCUT2D eigenvalue weighted by Gasteiger charge is 2.34. The minimum atomic E-state index is -0.111. The lowest BCUT2D eigenvalue weighted by molar-refractivity contribution is -0.123. The van der Waals surface area contributed by atoms with E-state index < -0.39 is 0 Å². The number of carbonyl (C=O) groups excluding carboxylic acids is 1. The van der Waals surface area contributed by atoms with Crippen molar-refractivity contribution in [1.82, 2.24) is 10.6 Å². The first-order valence-corrected chi connectivity index (χ1v) is 7.62. The van der Waals surface area contributed by atoms with Crippen molar-refractivity contribution in [2.75, 3.05) is 11.5 Å². The molecule has 4 heteroatoms. The van der Waals surface area contributed by atoms with Gasteiger partial charge in [0, 0.05) is 17.8 Å². The molecule has 1 aliphatic heterocycles. The number of hydrogen-bond acceptors (Lipinski definition) is 3. The van der Waals surface area contributed by atoms with Crippen molar-refractivity contribution in [1.29, 1.82) is 0 Å². The predicted molar refractivity (Wildman–Crippen MR) is 75.4 cm³/mol. The van der Waals surface area contributed by atoms with Gasteiger partial charge in [0.2, 0.25) is 5.91 Å². The van der Waals surface area contributed by atoms with Crippen molar-refractivity contribution in [3.05, 3.63) is 0 Å². The first-order valence-electron chi connectivity index (χ1n) is 6.47. The first-order chi connectivity index (χ1) is 7.83. The number of amides is 1. The maximum atomic E-state index is 11.9. The molecular formula is C13H26N2OS. The average Bonchev–Trinajstić information content (AvgIpc) is 2.19. The third-order valence-corrected chi connectivity index (χ3v) is 4.46. The van der Waals surface area contributed by atoms with Gasteiger partial charge in [-0.1, -0.05) is 13.8 Å². The fourth-order valence-corrected chi connectivity index (χ4v) is 3.62. The zero-order valence-electron chi connectivity index (χ0n) is 11.7. The Kier molecular flexibility index (Phi) is 5.32. The van der Waals surface area contributed by atoms with E-state index in [-0.39, 0.29) is 23.4 Å². The van der Waals surface area contributed by atoms with E-state index in [1.807, 2.05) is 32.5 Å². The van der Waals surface area contributed by atoms with E-state index in [2.05, 4.69) is 24.5 Å². The lowest BCUT2D eigenvalue weighted by Gasteiger charge is -2.40. The molecule has 1 rings (SSSR count). The van der Waals surface area contributed by atoms with Crippen LogP contribution in [-0.2, 0) is 4.79 Å². The SMILES string of the molecule is CC(C)NC(=O)C(C)NC1CSCCC1(C)C. The van der Waals surface area contributed by atoms with Gasteiger partial charge in [-0.3, -0.25) is 4.79 Å². The van der Waals surface area contributed by atoms with E-state index in [9.17, 15) is 4.79 Å². The van der Waals surface area contributed by atoms with Crippen molar-refractivity contribution in [3.63, 3.8) is 0 Å². The molecule has 100 valence electrons. The van der Waals surface area contributed by atoms with E-state index in [0.29, 0.717) is 6.04 Å². The quantitative estimate of drug-likeness (QED) is 0.810. The van der Waals surface area contributed by atoms with E-state index in [1.54, 1.807) is 0 Å². The van der Waals surface area contributed by atoms with Gasteiger partial charge in [-0.15, -0.1) is 0 Å². The van der Waals surface area contributed by atoms with Gasteiger partial charge in [0.25, 0.3) is 0 Å². The highest BCUT2D eigenvalue weighted by atomic mass is 32.2. The molecule has 0 aromatic heterocycles. The number of rotatable bonds is 4. The van der Waals surface area contributed by atoms with Crippen molar-refractivity contribution >= 4 is 17.7 Å². The second-order valence-electron chi connectivity index (χ2n) is 5.92. The zero-order valence-corrected chi connectivity index (χ0v) is 12.5. The number of carbonyl (C=O) groups is 1. The van der Waals surface area contributed by atoms with Gasteiger partial charge in [0.05, 0.1) is 6.04 Å². The minimum Gasteiger partial charge on any atom is -0.353 e. The van der Waals surface area contributed by atoms with E-state index in [0.717, 1.165) is 5.75 Å². The summed E-state index contributed by atoms with van der Waals surface area (Å²) in [7, 11) is 0. The molecular weight excluding hydrogens is 232 g/mol. The standard InChI is InChI=1S/C13H26N2OS/c1-9(2)14-12(16)10(3)15-11-8-17-7-6-13(11,4)5/h9-11,15H,6-8H2,1-5H3,(H,14,16). The van der Waals surface area contributed by atoms with Crippen LogP contribution in [0.4, 0.5) is 0 Å². The van der Waals surface area contributed by atoms with E-state index in [4.69, 9.17) is 0 Å². The second kappa shape index (κ2) is 6.10. The van der Waals surface area contributed by atoms with Crippen LogP contribution in [0.3, 0.4) is 0 Å². The molecule has 1 amide bonds. The van der Waals surface area contributed by atoms with Gasteiger partial charge in [-0.25, -0.2) is 0 Å². The molecule has 2 N–H and O–H groups in total. The Morgan fingerprint density at radius 2 is 2.00 bits per heavy atom. The smallest absolute Gasteiger partial charge is 0.237 e. The Labute approximate surface area is 109 Å². The molecule has 0 aromatic carbocycles. The molecule has 2 atom stereocenters. The summed E-state index contributed by atoms with van der Waals surface area (Å²) in [5.74, 6) is 2.44. The fraction of sp³-hybridized carbons (Fsp3) is 0.923. The topological polar surface area (TPSA) is 41.1 Å². The van der Waals surface area contributed by atoms with Crippen LogP contribution in [0.25, 0.3) is 0 Å². The van der Waals surface area contributed by atoms with E-state index in [1.165, 1.54) is 12.2 Å². The maximum Gasteiger partial charge on any atom is 0.237 e. The summed E-state index contributed by atoms with van der Waals surface area (Å²) in [5.41, 5.74) is 0.289. The van der Waals surface area contributed by atoms with Crippen LogP contribution in [0.2, 0.25) is 0 Å². The summed E-state index contributed by atoms with van der Waals surface area (Å²) in [4.78, 5) is 11.9. The molecule has 3 nitrogen and oxygen atoms in total. The Bertz CT molecular complexity index is 266. The van der Waals surface area contributed by atoms with E-state index >= 15 is 0 Å². The van der Waals surface area contributed by atoms with Crippen LogP contribution >= 0.6 is 11.8 Å². The maximum absolute atomic E-state index is 11.9. The molecule has 2 unspecified atom stereocenters. The molecule has 0 saturated carbocycles. The third kappa shape index (κ3) is 4.51. The highest BCUT2D eigenvalue weighted by Crippen LogP contribution is 2.34. The molecule has 0 aliphatic carbocycles. The molecule has 0 bridgehead atoms. The predicted octanol–water partition coefficient (Wildman–Crippen LogP) is 2.02. The van der Waals surface area contributed by atoms with Gasteiger partial charge < -0.3 is 10.6 Å². The lowest BCUT2D eigenvalue weighted by Crippen LogP contribution is -2.54. The van der Waals surface area contributed by atoms with Gasteiger partial charge in [-0.05, 0) is 38.4 Å². The Balaban J connectivity index is 2.49. The van der Waals surface area contributed by atoms with Crippen LogP contribution < -0.4 is 10.6 Å². The van der Waals surface area contributed by atoms with Crippen LogP contribution in [0.15, 0.2) is 0 Å². The van der Waals surface area contributed by atoms with Gasteiger partial charge in [-0.2, -0.15) is 11.8 Å². The number of thioether (sulfide) groups is 1. The number of hydrogen-bond donors (Lipinski definition) is 2. The first kappa shape index (κ1) is 14.8. The second-order valence-corrected chi connectivity index (χ2v) is 7.07. The Morgan fingerprint density at radius 1 is 1.35 bits per heavy atom. The molecule has 1 aliphatic rings. The van der Waals surface area contributed by atoms with Gasteiger partial charge in [0.15, 0.2) is 0 Å². The molecule has 1 saturated heterocycles. The fourth-order valence-electron chi connectivity index (χ4n) is 2.00. The molecule has 0 radical (unpaired) electrons. The lowest BCUT2D eigenvalue weighted by atomic mass is 9.82. The minimum absolute atomic E-state index is 0.103. The molecule has 0 spiro atoms. The largest absolute Gasteiger partial charge is 0.353 e. The van der Waals surface area contributed by atoms with Gasteiger partial charge in [0.1, 0.15) is 0 Å². The summed E-state index contributed by atoms with van der Waals surface area (Å²) in [5, 5.41) is 6.43. The molecule has 0 aromatic rings. The van der Waals surface area contributed by atoms with Crippen LogP contribution in [0.1, 0.15) is 41.0 Å². The molecule has 1 heterocycles. The summed E-state index contributed by atoms with van der Waals surface area (Å²) in [6.45, 7) is 10.5. The summed E-state index contributed by atoms with van der Waals surface area (Å²) in [6.07, 6.45) is 1.22. The summed E-state index contributed by atoms with van der Waals surface area (Å²) >= 11 is 1.98. The Hall–Kier alpha value is -0.220. The zero-order chi connectivity index (χ0) is 13.1. The summed E-state index contributed by atoms with van der Waals surface area (Å²) < 4.78 is 0. The van der Waals surface area contributed by atoms with Crippen LogP contribution in [0, 0.1) is 5.41 Å². The normalized spacial score (nSPS) is 25.6. The van der Waals surface area contributed by atoms with Crippen molar-refractivity contribution < 1.29 is 4.79 Å². The number of nitrogens with one attached hydrogen (secondary N) is 2. The molecule has 17 heavy (non-hydrogen) atoms. The third-order valence-electron chi connectivity index (χ3n) is 3.39. The average molecular weight is 258 g/mol. The van der Waals surface area contributed by atoms with Crippen molar-refractivity contribution in [2.45, 2.75) is 59.2 Å². The van der Waals surface area contributed by atoms with Gasteiger partial charge >= 0.3 is 0 Å². The molecule has 1 fully saturated rings.